The van der Waals surface area contributed by atoms with Gasteiger partial charge in [-0.3, -0.25) is 0 Å². The van der Waals surface area contributed by atoms with Crippen molar-refractivity contribution in [2.24, 2.45) is 0 Å². The second-order valence-electron chi connectivity index (χ2n) is 6.16. The van der Waals surface area contributed by atoms with Gasteiger partial charge in [0.25, 0.3) is 0 Å². The maximum Gasteiger partial charge on any atom is 0.123 e. The number of hydrogen-bond acceptors (Lipinski definition) is 4. The monoisotopic (exact) mass is 320 g/mol. The van der Waals surface area contributed by atoms with Crippen LogP contribution in [0.2, 0.25) is 0 Å². The highest BCUT2D eigenvalue weighted by Gasteiger charge is 2.25. The van der Waals surface area contributed by atoms with Crippen molar-refractivity contribution >= 4 is 11.3 Å². The van der Waals surface area contributed by atoms with Crippen LogP contribution in [0.15, 0.2) is 24.3 Å². The van der Waals surface area contributed by atoms with Crippen LogP contribution in [-0.4, -0.2) is 16.6 Å². The van der Waals surface area contributed by atoms with Crippen molar-refractivity contribution < 1.29 is 9.50 Å². The topological polar surface area (TPSA) is 45.1 Å². The molecule has 3 rings (SSSR count). The first-order valence-electron chi connectivity index (χ1n) is 7.66. The molecule has 0 spiro atoms. The number of rotatable bonds is 5. The van der Waals surface area contributed by atoms with Gasteiger partial charge >= 0.3 is 0 Å². The van der Waals surface area contributed by atoms with E-state index in [2.05, 4.69) is 12.2 Å². The highest BCUT2D eigenvalue weighted by Crippen LogP contribution is 2.31. The SMILES string of the molecule is CC(NCC(C)(O)c1ccc(F)cc1)c1nc2c(s1)CCC2. The molecule has 2 aromatic rings. The summed E-state index contributed by atoms with van der Waals surface area (Å²) in [5.74, 6) is -0.293. The molecule has 0 bridgehead atoms. The summed E-state index contributed by atoms with van der Waals surface area (Å²) in [4.78, 5) is 6.11. The highest BCUT2D eigenvalue weighted by molar-refractivity contribution is 7.11. The van der Waals surface area contributed by atoms with Crippen LogP contribution in [0.3, 0.4) is 0 Å². The van der Waals surface area contributed by atoms with Gasteiger partial charge in [-0.1, -0.05) is 12.1 Å². The van der Waals surface area contributed by atoms with Crippen molar-refractivity contribution in [2.45, 2.75) is 44.8 Å². The number of thiazole rings is 1. The third kappa shape index (κ3) is 3.21. The van der Waals surface area contributed by atoms with Gasteiger partial charge in [0, 0.05) is 11.4 Å². The Labute approximate surface area is 134 Å². The molecule has 1 aliphatic carbocycles. The van der Waals surface area contributed by atoms with E-state index < -0.39 is 5.60 Å². The number of aliphatic hydroxyl groups is 1. The van der Waals surface area contributed by atoms with Gasteiger partial charge in [0.15, 0.2) is 0 Å². The Morgan fingerprint density at radius 2 is 2.09 bits per heavy atom. The molecule has 118 valence electrons. The summed E-state index contributed by atoms with van der Waals surface area (Å²) in [6, 6.07) is 6.10. The van der Waals surface area contributed by atoms with E-state index in [9.17, 15) is 9.50 Å². The summed E-state index contributed by atoms with van der Waals surface area (Å²) in [7, 11) is 0. The number of nitrogens with zero attached hydrogens (tertiary/aromatic N) is 1. The third-order valence-corrected chi connectivity index (χ3v) is 5.54. The predicted octanol–water partition coefficient (Wildman–Crippen LogP) is 3.33. The Morgan fingerprint density at radius 1 is 1.36 bits per heavy atom. The van der Waals surface area contributed by atoms with Gasteiger partial charge in [-0.05, 0) is 50.8 Å². The van der Waals surface area contributed by atoms with Crippen LogP contribution < -0.4 is 5.32 Å². The summed E-state index contributed by atoms with van der Waals surface area (Å²) in [5.41, 5.74) is 0.913. The van der Waals surface area contributed by atoms with Gasteiger partial charge in [0.2, 0.25) is 0 Å². The van der Waals surface area contributed by atoms with Crippen molar-refractivity contribution in [3.63, 3.8) is 0 Å². The zero-order valence-electron chi connectivity index (χ0n) is 12.9. The molecule has 5 heteroatoms. The fourth-order valence-electron chi connectivity index (χ4n) is 2.75. The molecule has 2 N–H and O–H groups in total. The minimum Gasteiger partial charge on any atom is -0.384 e. The molecule has 1 aromatic carbocycles. The number of halogens is 1. The lowest BCUT2D eigenvalue weighted by atomic mass is 9.96. The molecule has 0 radical (unpaired) electrons. The number of benzene rings is 1. The largest absolute Gasteiger partial charge is 0.384 e. The van der Waals surface area contributed by atoms with E-state index in [0.29, 0.717) is 12.1 Å². The lowest BCUT2D eigenvalue weighted by molar-refractivity contribution is 0.0543. The fourth-order valence-corrected chi connectivity index (χ4v) is 3.93. The van der Waals surface area contributed by atoms with Crippen LogP contribution in [0.1, 0.15) is 47.5 Å². The normalized spacial score (nSPS) is 18.0. The average Bonchev–Trinajstić information content (AvgIpc) is 3.06. The number of fused-ring (bicyclic) bond motifs is 1. The van der Waals surface area contributed by atoms with E-state index >= 15 is 0 Å². The van der Waals surface area contributed by atoms with Gasteiger partial charge in [0.1, 0.15) is 10.8 Å². The van der Waals surface area contributed by atoms with Crippen molar-refractivity contribution in [1.82, 2.24) is 10.3 Å². The average molecular weight is 320 g/mol. The van der Waals surface area contributed by atoms with Crippen molar-refractivity contribution in [3.8, 4) is 0 Å². The molecule has 2 atom stereocenters. The highest BCUT2D eigenvalue weighted by atomic mass is 32.1. The number of nitrogens with one attached hydrogen (secondary N) is 1. The lowest BCUT2D eigenvalue weighted by Crippen LogP contribution is -2.36. The molecule has 22 heavy (non-hydrogen) atoms. The Morgan fingerprint density at radius 3 is 2.77 bits per heavy atom. The van der Waals surface area contributed by atoms with Crippen molar-refractivity contribution in [3.05, 3.63) is 51.2 Å². The van der Waals surface area contributed by atoms with Gasteiger partial charge in [0.05, 0.1) is 17.3 Å². The molecule has 1 aliphatic rings. The summed E-state index contributed by atoms with van der Waals surface area (Å²) in [6.45, 7) is 4.20. The Balaban J connectivity index is 1.64. The zero-order chi connectivity index (χ0) is 15.7. The first-order chi connectivity index (χ1) is 10.5. The van der Waals surface area contributed by atoms with Gasteiger partial charge < -0.3 is 10.4 Å². The van der Waals surface area contributed by atoms with E-state index in [4.69, 9.17) is 4.98 Å². The summed E-state index contributed by atoms with van der Waals surface area (Å²) < 4.78 is 13.0. The van der Waals surface area contributed by atoms with Crippen LogP contribution in [0.5, 0.6) is 0 Å². The molecule has 1 aromatic heterocycles. The summed E-state index contributed by atoms with van der Waals surface area (Å²) in [6.07, 6.45) is 3.45. The van der Waals surface area contributed by atoms with Crippen molar-refractivity contribution in [1.29, 1.82) is 0 Å². The third-order valence-electron chi connectivity index (χ3n) is 4.20. The standard InChI is InChI=1S/C17H21FN2OS/c1-11(16-20-14-4-3-5-15(14)22-16)19-10-17(2,21)12-6-8-13(18)9-7-12/h6-9,11,19,21H,3-5,10H2,1-2H3. The van der Waals surface area contributed by atoms with Crippen LogP contribution in [0.25, 0.3) is 0 Å². The molecule has 0 fully saturated rings. The molecule has 3 nitrogen and oxygen atoms in total. The molecule has 1 heterocycles. The molecule has 0 saturated heterocycles. The second-order valence-corrected chi connectivity index (χ2v) is 7.27. The van der Waals surface area contributed by atoms with E-state index in [0.717, 1.165) is 17.8 Å². The lowest BCUT2D eigenvalue weighted by Gasteiger charge is -2.26. The van der Waals surface area contributed by atoms with E-state index in [-0.39, 0.29) is 11.9 Å². The van der Waals surface area contributed by atoms with Gasteiger partial charge in [-0.15, -0.1) is 11.3 Å². The van der Waals surface area contributed by atoms with E-state index in [1.54, 1.807) is 30.4 Å². The van der Waals surface area contributed by atoms with Crippen LogP contribution in [0.4, 0.5) is 4.39 Å². The fraction of sp³-hybridized carbons (Fsp3) is 0.471. The molecular weight excluding hydrogens is 299 g/mol. The minimum absolute atomic E-state index is 0.0996. The first-order valence-corrected chi connectivity index (χ1v) is 8.47. The number of aryl methyl sites for hydroxylation is 2. The maximum absolute atomic E-state index is 13.0. The minimum atomic E-state index is -1.04. The molecular formula is C17H21FN2OS. The molecule has 0 aliphatic heterocycles. The maximum atomic E-state index is 13.0. The summed E-state index contributed by atoms with van der Waals surface area (Å²) >= 11 is 1.77. The smallest absolute Gasteiger partial charge is 0.123 e. The predicted molar refractivity (Wildman–Crippen MR) is 86.5 cm³/mol. The second kappa shape index (κ2) is 6.07. The van der Waals surface area contributed by atoms with Crippen LogP contribution >= 0.6 is 11.3 Å². The number of hydrogen-bond donors (Lipinski definition) is 2. The van der Waals surface area contributed by atoms with E-state index in [1.165, 1.54) is 29.1 Å². The molecule has 2 unspecified atom stereocenters. The Bertz CT molecular complexity index is 630. The van der Waals surface area contributed by atoms with Crippen LogP contribution in [0, 0.1) is 5.82 Å². The van der Waals surface area contributed by atoms with Gasteiger partial charge in [-0.25, -0.2) is 9.37 Å². The summed E-state index contributed by atoms with van der Waals surface area (Å²) in [5, 5.41) is 15.0. The van der Waals surface area contributed by atoms with Crippen LogP contribution in [-0.2, 0) is 18.4 Å². The zero-order valence-corrected chi connectivity index (χ0v) is 13.7. The van der Waals surface area contributed by atoms with Gasteiger partial charge in [-0.2, -0.15) is 0 Å². The first kappa shape index (κ1) is 15.6. The van der Waals surface area contributed by atoms with Crippen molar-refractivity contribution in [2.75, 3.05) is 6.54 Å². The molecule has 0 saturated carbocycles. The molecule has 0 amide bonds. The Hall–Kier alpha value is -1.30. The quantitative estimate of drug-likeness (QED) is 0.888. The number of aromatic nitrogens is 1. The van der Waals surface area contributed by atoms with E-state index in [1.807, 2.05) is 0 Å². The Kier molecular flexibility index (Phi) is 4.30.